The van der Waals surface area contributed by atoms with Crippen molar-refractivity contribution in [3.8, 4) is 5.75 Å². The summed E-state index contributed by atoms with van der Waals surface area (Å²) in [6.45, 7) is 4.19. The molecule has 0 saturated carbocycles. The molecule has 0 aliphatic heterocycles. The Labute approximate surface area is 111 Å². The minimum Gasteiger partial charge on any atom is -0.480 e. The van der Waals surface area contributed by atoms with E-state index in [9.17, 15) is 0 Å². The van der Waals surface area contributed by atoms with Gasteiger partial charge in [-0.2, -0.15) is 0 Å². The molecule has 18 heavy (non-hydrogen) atoms. The maximum Gasteiger partial charge on any atom is 0.168 e. The van der Waals surface area contributed by atoms with Crippen LogP contribution in [0, 0.1) is 13.8 Å². The van der Waals surface area contributed by atoms with Crippen molar-refractivity contribution in [2.24, 2.45) is 5.73 Å². The SMILES string of the molecule is Cc1ccc(OC(CN)c2ccc(C)o2)c(Cl)c1. The first-order valence-electron chi connectivity index (χ1n) is 5.79. The summed E-state index contributed by atoms with van der Waals surface area (Å²) in [6.07, 6.45) is -0.320. The van der Waals surface area contributed by atoms with Crippen LogP contribution in [-0.2, 0) is 0 Å². The third-order valence-corrected chi connectivity index (χ3v) is 2.94. The van der Waals surface area contributed by atoms with Crippen LogP contribution >= 0.6 is 11.6 Å². The van der Waals surface area contributed by atoms with E-state index in [0.29, 0.717) is 23.1 Å². The zero-order valence-electron chi connectivity index (χ0n) is 10.4. The molecule has 1 aromatic carbocycles. The second kappa shape index (κ2) is 5.46. The van der Waals surface area contributed by atoms with E-state index < -0.39 is 0 Å². The van der Waals surface area contributed by atoms with Crippen molar-refractivity contribution < 1.29 is 9.15 Å². The molecular weight excluding hydrogens is 250 g/mol. The van der Waals surface area contributed by atoms with Crippen molar-refractivity contribution in [2.45, 2.75) is 20.0 Å². The zero-order valence-corrected chi connectivity index (χ0v) is 11.2. The van der Waals surface area contributed by atoms with Crippen LogP contribution in [0.4, 0.5) is 0 Å². The third kappa shape index (κ3) is 2.86. The second-order valence-electron chi connectivity index (χ2n) is 4.22. The van der Waals surface area contributed by atoms with Crippen molar-refractivity contribution in [3.05, 3.63) is 52.4 Å². The number of nitrogens with two attached hydrogens (primary N) is 1. The van der Waals surface area contributed by atoms with Gasteiger partial charge < -0.3 is 14.9 Å². The predicted molar refractivity (Wildman–Crippen MR) is 72.1 cm³/mol. The maximum absolute atomic E-state index is 6.13. The normalized spacial score (nSPS) is 12.4. The lowest BCUT2D eigenvalue weighted by atomic mass is 10.2. The Morgan fingerprint density at radius 1 is 1.28 bits per heavy atom. The summed E-state index contributed by atoms with van der Waals surface area (Å²) in [5, 5.41) is 0.580. The monoisotopic (exact) mass is 265 g/mol. The molecule has 1 unspecified atom stereocenters. The molecule has 0 amide bonds. The predicted octanol–water partition coefficient (Wildman–Crippen LogP) is 3.63. The summed E-state index contributed by atoms with van der Waals surface area (Å²) < 4.78 is 11.3. The minimum absolute atomic E-state index is 0.320. The highest BCUT2D eigenvalue weighted by Gasteiger charge is 2.16. The van der Waals surface area contributed by atoms with E-state index in [1.807, 2.05) is 44.2 Å². The molecule has 2 rings (SSSR count). The molecule has 0 aliphatic carbocycles. The van der Waals surface area contributed by atoms with Crippen molar-refractivity contribution in [2.75, 3.05) is 6.54 Å². The van der Waals surface area contributed by atoms with E-state index in [1.165, 1.54) is 0 Å². The molecule has 1 atom stereocenters. The van der Waals surface area contributed by atoms with Crippen LogP contribution in [0.1, 0.15) is 23.2 Å². The summed E-state index contributed by atoms with van der Waals surface area (Å²) in [5.74, 6) is 2.17. The summed E-state index contributed by atoms with van der Waals surface area (Å²) >= 11 is 6.13. The number of aryl methyl sites for hydroxylation is 2. The topological polar surface area (TPSA) is 48.4 Å². The number of furan rings is 1. The first-order valence-corrected chi connectivity index (χ1v) is 6.17. The molecule has 2 N–H and O–H groups in total. The Morgan fingerprint density at radius 2 is 2.06 bits per heavy atom. The Balaban J connectivity index is 2.20. The highest BCUT2D eigenvalue weighted by atomic mass is 35.5. The fourth-order valence-corrected chi connectivity index (χ4v) is 1.98. The molecule has 2 aromatic rings. The van der Waals surface area contributed by atoms with Crippen LogP contribution in [0.25, 0.3) is 0 Å². The van der Waals surface area contributed by atoms with Crippen LogP contribution in [0.15, 0.2) is 34.7 Å². The number of benzene rings is 1. The Bertz CT molecular complexity index is 536. The number of halogens is 1. The molecule has 0 aliphatic rings. The fourth-order valence-electron chi connectivity index (χ4n) is 1.70. The summed E-state index contributed by atoms with van der Waals surface area (Å²) in [4.78, 5) is 0. The van der Waals surface area contributed by atoms with Gasteiger partial charge in [0.1, 0.15) is 17.3 Å². The molecule has 0 fully saturated rings. The molecule has 0 saturated heterocycles. The molecular formula is C14H16ClNO2. The van der Waals surface area contributed by atoms with Gasteiger partial charge in [0.2, 0.25) is 0 Å². The van der Waals surface area contributed by atoms with Gasteiger partial charge in [-0.05, 0) is 43.7 Å². The Kier molecular flexibility index (Phi) is 3.94. The molecule has 4 heteroatoms. The van der Waals surface area contributed by atoms with E-state index in [2.05, 4.69) is 0 Å². The van der Waals surface area contributed by atoms with E-state index in [4.69, 9.17) is 26.5 Å². The molecule has 1 aromatic heterocycles. The minimum atomic E-state index is -0.320. The smallest absolute Gasteiger partial charge is 0.168 e. The highest BCUT2D eigenvalue weighted by Crippen LogP contribution is 2.30. The Hall–Kier alpha value is -1.45. The van der Waals surface area contributed by atoms with Gasteiger partial charge >= 0.3 is 0 Å². The molecule has 3 nitrogen and oxygen atoms in total. The third-order valence-electron chi connectivity index (χ3n) is 2.65. The van der Waals surface area contributed by atoms with Gasteiger partial charge in [-0.25, -0.2) is 0 Å². The standard InChI is InChI=1S/C14H16ClNO2/c1-9-3-5-12(11(15)7-9)18-14(8-16)13-6-4-10(2)17-13/h3-7,14H,8,16H2,1-2H3. The highest BCUT2D eigenvalue weighted by molar-refractivity contribution is 6.32. The summed E-state index contributed by atoms with van der Waals surface area (Å²) in [6, 6.07) is 9.41. The van der Waals surface area contributed by atoms with Crippen LogP contribution in [-0.4, -0.2) is 6.54 Å². The average Bonchev–Trinajstić information content (AvgIpc) is 2.75. The quantitative estimate of drug-likeness (QED) is 0.918. The van der Waals surface area contributed by atoms with Crippen molar-refractivity contribution in [3.63, 3.8) is 0 Å². The average molecular weight is 266 g/mol. The number of ether oxygens (including phenoxy) is 1. The number of hydrogen-bond donors (Lipinski definition) is 1. The van der Waals surface area contributed by atoms with E-state index in [0.717, 1.165) is 11.3 Å². The van der Waals surface area contributed by atoms with Gasteiger partial charge in [0, 0.05) is 6.54 Å². The van der Waals surface area contributed by atoms with E-state index in [-0.39, 0.29) is 6.10 Å². The van der Waals surface area contributed by atoms with E-state index in [1.54, 1.807) is 0 Å². The number of hydrogen-bond acceptors (Lipinski definition) is 3. The van der Waals surface area contributed by atoms with Gasteiger partial charge in [0.05, 0.1) is 5.02 Å². The lowest BCUT2D eigenvalue weighted by Crippen LogP contribution is -2.18. The van der Waals surface area contributed by atoms with Gasteiger partial charge in [0.25, 0.3) is 0 Å². The first-order chi connectivity index (χ1) is 8.60. The van der Waals surface area contributed by atoms with Crippen LogP contribution < -0.4 is 10.5 Å². The van der Waals surface area contributed by atoms with Crippen molar-refractivity contribution in [1.82, 2.24) is 0 Å². The molecule has 96 valence electrons. The maximum atomic E-state index is 6.13. The lowest BCUT2D eigenvalue weighted by molar-refractivity contribution is 0.182. The van der Waals surface area contributed by atoms with Crippen molar-refractivity contribution in [1.29, 1.82) is 0 Å². The van der Waals surface area contributed by atoms with Crippen LogP contribution in [0.5, 0.6) is 5.75 Å². The molecule has 0 bridgehead atoms. The zero-order chi connectivity index (χ0) is 13.1. The fraction of sp³-hybridized carbons (Fsp3) is 0.286. The van der Waals surface area contributed by atoms with Crippen LogP contribution in [0.2, 0.25) is 5.02 Å². The van der Waals surface area contributed by atoms with Gasteiger partial charge in [-0.1, -0.05) is 17.7 Å². The summed E-state index contributed by atoms with van der Waals surface area (Å²) in [7, 11) is 0. The largest absolute Gasteiger partial charge is 0.480 e. The van der Waals surface area contributed by atoms with E-state index >= 15 is 0 Å². The molecule has 1 heterocycles. The Morgan fingerprint density at radius 3 is 2.61 bits per heavy atom. The first kappa shape index (κ1) is 13.0. The van der Waals surface area contributed by atoms with Gasteiger partial charge in [0.15, 0.2) is 6.10 Å². The molecule has 0 radical (unpaired) electrons. The lowest BCUT2D eigenvalue weighted by Gasteiger charge is -2.16. The second-order valence-corrected chi connectivity index (χ2v) is 4.63. The van der Waals surface area contributed by atoms with Crippen molar-refractivity contribution >= 4 is 11.6 Å². The number of rotatable bonds is 4. The summed E-state index contributed by atoms with van der Waals surface area (Å²) in [5.41, 5.74) is 6.80. The van der Waals surface area contributed by atoms with Gasteiger partial charge in [-0.15, -0.1) is 0 Å². The van der Waals surface area contributed by atoms with Crippen LogP contribution in [0.3, 0.4) is 0 Å². The molecule has 0 spiro atoms. The van der Waals surface area contributed by atoms with Gasteiger partial charge in [-0.3, -0.25) is 0 Å².